The van der Waals surface area contributed by atoms with Gasteiger partial charge >= 0.3 is 0 Å². The molecule has 4 nitrogen and oxygen atoms in total. The fraction of sp³-hybridized carbons (Fsp3) is 0.385. The summed E-state index contributed by atoms with van der Waals surface area (Å²) in [5.41, 5.74) is 1.58. The van der Waals surface area contributed by atoms with Gasteiger partial charge in [0.15, 0.2) is 5.11 Å². The van der Waals surface area contributed by atoms with E-state index in [1.54, 1.807) is 0 Å². The van der Waals surface area contributed by atoms with E-state index in [1.165, 1.54) is 6.92 Å². The minimum atomic E-state index is -0.0828. The highest BCUT2D eigenvalue weighted by atomic mass is 32.1. The second kappa shape index (κ2) is 5.82. The fourth-order valence-corrected chi connectivity index (χ4v) is 1.77. The first-order chi connectivity index (χ1) is 8.26. The van der Waals surface area contributed by atoms with Crippen LogP contribution >= 0.6 is 12.2 Å². The average molecular weight is 265 g/mol. The second-order valence-electron chi connectivity index (χ2n) is 5.09. The van der Waals surface area contributed by atoms with Crippen molar-refractivity contribution < 1.29 is 4.79 Å². The Kier molecular flexibility index (Phi) is 4.67. The number of hydrogen-bond donors (Lipinski definition) is 3. The van der Waals surface area contributed by atoms with Gasteiger partial charge in [0, 0.05) is 23.8 Å². The van der Waals surface area contributed by atoms with Crippen LogP contribution in [0.25, 0.3) is 0 Å². The lowest BCUT2D eigenvalue weighted by Gasteiger charge is -2.23. The van der Waals surface area contributed by atoms with Gasteiger partial charge in [0.05, 0.1) is 0 Å². The van der Waals surface area contributed by atoms with E-state index in [1.807, 2.05) is 45.0 Å². The smallest absolute Gasteiger partial charge is 0.221 e. The van der Waals surface area contributed by atoms with E-state index in [2.05, 4.69) is 16.0 Å². The predicted octanol–water partition coefficient (Wildman–Crippen LogP) is 2.73. The molecule has 18 heavy (non-hydrogen) atoms. The number of nitrogens with one attached hydrogen (secondary N) is 3. The summed E-state index contributed by atoms with van der Waals surface area (Å²) in [5, 5.41) is 9.54. The van der Waals surface area contributed by atoms with Gasteiger partial charge in [-0.25, -0.2) is 0 Å². The number of carbonyl (C=O) groups is 1. The Hall–Kier alpha value is -1.62. The first-order valence-corrected chi connectivity index (χ1v) is 6.14. The van der Waals surface area contributed by atoms with Crippen molar-refractivity contribution in [2.24, 2.45) is 0 Å². The molecule has 0 aromatic heterocycles. The summed E-state index contributed by atoms with van der Waals surface area (Å²) < 4.78 is 0. The van der Waals surface area contributed by atoms with Crippen LogP contribution in [0.3, 0.4) is 0 Å². The van der Waals surface area contributed by atoms with Crippen LogP contribution < -0.4 is 16.0 Å². The van der Waals surface area contributed by atoms with Crippen LogP contribution in [0.15, 0.2) is 24.3 Å². The summed E-state index contributed by atoms with van der Waals surface area (Å²) in [7, 11) is 0. The number of amides is 1. The van der Waals surface area contributed by atoms with Crippen molar-refractivity contribution in [2.75, 3.05) is 10.6 Å². The Labute approximate surface area is 113 Å². The Balaban J connectivity index is 2.58. The maximum absolute atomic E-state index is 10.9. The molecule has 0 spiro atoms. The number of hydrogen-bond acceptors (Lipinski definition) is 2. The number of benzene rings is 1. The standard InChI is InChI=1S/C13H19N3OS/c1-9(17)14-10-5-7-11(8-6-10)15-12(18)16-13(2,3)4/h5-8H,1-4H3,(H,14,17)(H2,15,16,18). The van der Waals surface area contributed by atoms with Crippen LogP contribution in [0.1, 0.15) is 27.7 Å². The molecule has 0 fully saturated rings. The van der Waals surface area contributed by atoms with Gasteiger partial charge in [-0.05, 0) is 57.3 Å². The molecule has 0 aliphatic carbocycles. The topological polar surface area (TPSA) is 53.2 Å². The second-order valence-corrected chi connectivity index (χ2v) is 5.50. The monoisotopic (exact) mass is 265 g/mol. The number of carbonyl (C=O) groups excluding carboxylic acids is 1. The van der Waals surface area contributed by atoms with E-state index in [-0.39, 0.29) is 11.4 Å². The predicted molar refractivity (Wildman–Crippen MR) is 79.9 cm³/mol. The summed E-state index contributed by atoms with van der Waals surface area (Å²) in [4.78, 5) is 10.9. The van der Waals surface area contributed by atoms with E-state index < -0.39 is 0 Å². The summed E-state index contributed by atoms with van der Waals surface area (Å²) >= 11 is 5.19. The van der Waals surface area contributed by atoms with Gasteiger partial charge in [0.1, 0.15) is 0 Å². The average Bonchev–Trinajstić information content (AvgIpc) is 2.17. The third-order valence-corrected chi connectivity index (χ3v) is 2.16. The van der Waals surface area contributed by atoms with Crippen molar-refractivity contribution in [3.8, 4) is 0 Å². The lowest BCUT2D eigenvalue weighted by Crippen LogP contribution is -2.42. The van der Waals surface area contributed by atoms with E-state index in [9.17, 15) is 4.79 Å². The summed E-state index contributed by atoms with van der Waals surface area (Å²) in [6, 6.07) is 7.37. The third kappa shape index (κ3) is 5.63. The fourth-order valence-electron chi connectivity index (χ4n) is 1.34. The molecule has 1 aromatic rings. The summed E-state index contributed by atoms with van der Waals surface area (Å²) in [6.45, 7) is 7.61. The zero-order chi connectivity index (χ0) is 13.8. The third-order valence-electron chi connectivity index (χ3n) is 1.95. The molecule has 0 saturated heterocycles. The van der Waals surface area contributed by atoms with Gasteiger partial charge < -0.3 is 16.0 Å². The Morgan fingerprint density at radius 2 is 1.50 bits per heavy atom. The van der Waals surface area contributed by atoms with Crippen LogP contribution in [-0.2, 0) is 4.79 Å². The van der Waals surface area contributed by atoms with Gasteiger partial charge in [0.25, 0.3) is 0 Å². The van der Waals surface area contributed by atoms with Gasteiger partial charge in [-0.1, -0.05) is 0 Å². The number of anilines is 2. The molecule has 0 bridgehead atoms. The van der Waals surface area contributed by atoms with Crippen molar-refractivity contribution in [1.29, 1.82) is 0 Å². The zero-order valence-electron chi connectivity index (χ0n) is 11.1. The van der Waals surface area contributed by atoms with Gasteiger partial charge in [-0.15, -0.1) is 0 Å². The molecule has 1 aromatic carbocycles. The Morgan fingerprint density at radius 3 is 1.89 bits per heavy atom. The molecule has 0 saturated carbocycles. The highest BCUT2D eigenvalue weighted by Crippen LogP contribution is 2.13. The molecular weight excluding hydrogens is 246 g/mol. The maximum Gasteiger partial charge on any atom is 0.221 e. The molecule has 5 heteroatoms. The molecule has 1 rings (SSSR count). The Morgan fingerprint density at radius 1 is 1.06 bits per heavy atom. The van der Waals surface area contributed by atoms with E-state index in [0.717, 1.165) is 11.4 Å². The number of rotatable bonds is 2. The van der Waals surface area contributed by atoms with Crippen LogP contribution in [0.5, 0.6) is 0 Å². The summed E-state index contributed by atoms with van der Waals surface area (Å²) in [6.07, 6.45) is 0. The van der Waals surface area contributed by atoms with Crippen molar-refractivity contribution >= 4 is 34.6 Å². The van der Waals surface area contributed by atoms with Gasteiger partial charge in [-0.3, -0.25) is 4.79 Å². The van der Waals surface area contributed by atoms with Crippen molar-refractivity contribution in [3.63, 3.8) is 0 Å². The Bertz CT molecular complexity index is 435. The normalized spacial score (nSPS) is 10.7. The molecular formula is C13H19N3OS. The lowest BCUT2D eigenvalue weighted by atomic mass is 10.1. The molecule has 3 N–H and O–H groups in total. The molecule has 0 heterocycles. The zero-order valence-corrected chi connectivity index (χ0v) is 11.9. The van der Waals surface area contributed by atoms with Crippen LogP contribution in [-0.4, -0.2) is 16.6 Å². The highest BCUT2D eigenvalue weighted by Gasteiger charge is 2.10. The van der Waals surface area contributed by atoms with E-state index in [4.69, 9.17) is 12.2 Å². The first kappa shape index (κ1) is 14.4. The van der Waals surface area contributed by atoms with Gasteiger partial charge in [0.2, 0.25) is 5.91 Å². The van der Waals surface area contributed by atoms with Gasteiger partial charge in [-0.2, -0.15) is 0 Å². The molecule has 1 amide bonds. The molecule has 0 aliphatic rings. The SMILES string of the molecule is CC(=O)Nc1ccc(NC(=S)NC(C)(C)C)cc1. The van der Waals surface area contributed by atoms with Crippen molar-refractivity contribution in [1.82, 2.24) is 5.32 Å². The molecule has 98 valence electrons. The number of thiocarbonyl (C=S) groups is 1. The molecule has 0 aliphatic heterocycles. The van der Waals surface area contributed by atoms with Crippen LogP contribution in [0, 0.1) is 0 Å². The minimum Gasteiger partial charge on any atom is -0.358 e. The maximum atomic E-state index is 10.9. The van der Waals surface area contributed by atoms with E-state index in [0.29, 0.717) is 5.11 Å². The largest absolute Gasteiger partial charge is 0.358 e. The van der Waals surface area contributed by atoms with Crippen LogP contribution in [0.4, 0.5) is 11.4 Å². The van der Waals surface area contributed by atoms with Crippen molar-refractivity contribution in [2.45, 2.75) is 33.2 Å². The van der Waals surface area contributed by atoms with Crippen molar-refractivity contribution in [3.05, 3.63) is 24.3 Å². The molecule has 0 atom stereocenters. The minimum absolute atomic E-state index is 0.0692. The molecule has 0 radical (unpaired) electrons. The van der Waals surface area contributed by atoms with E-state index >= 15 is 0 Å². The van der Waals surface area contributed by atoms with Crippen LogP contribution in [0.2, 0.25) is 0 Å². The summed E-state index contributed by atoms with van der Waals surface area (Å²) in [5.74, 6) is -0.0828. The highest BCUT2D eigenvalue weighted by molar-refractivity contribution is 7.80. The lowest BCUT2D eigenvalue weighted by molar-refractivity contribution is -0.114. The molecule has 0 unspecified atom stereocenters. The quantitative estimate of drug-likeness (QED) is 0.720. The first-order valence-electron chi connectivity index (χ1n) is 5.73.